The fourth-order valence-corrected chi connectivity index (χ4v) is 2.93. The van der Waals surface area contributed by atoms with Crippen LogP contribution in [0.4, 0.5) is 0 Å². The third-order valence-electron chi connectivity index (χ3n) is 4.54. The van der Waals surface area contributed by atoms with Gasteiger partial charge in [0, 0.05) is 25.8 Å². The number of ether oxygens (including phenoxy) is 2. The van der Waals surface area contributed by atoms with Crippen LogP contribution >= 0.6 is 0 Å². The van der Waals surface area contributed by atoms with Crippen LogP contribution in [0.5, 0.6) is 5.75 Å². The summed E-state index contributed by atoms with van der Waals surface area (Å²) in [6.45, 7) is 6.67. The van der Waals surface area contributed by atoms with Gasteiger partial charge in [-0.25, -0.2) is 0 Å². The Kier molecular flexibility index (Phi) is 6.86. The molecule has 5 nitrogen and oxygen atoms in total. The van der Waals surface area contributed by atoms with E-state index in [2.05, 4.69) is 10.2 Å². The summed E-state index contributed by atoms with van der Waals surface area (Å²) in [5.74, 6) is 1.29. The summed E-state index contributed by atoms with van der Waals surface area (Å²) >= 11 is 0. The number of benzene rings is 1. The maximum Gasteiger partial charge on any atom is 0.251 e. The fraction of sp³-hybridized carbons (Fsp3) is 0.611. The number of nitrogens with one attached hydrogen (secondary N) is 1. The topological polar surface area (TPSA) is 50.8 Å². The van der Waals surface area contributed by atoms with Crippen molar-refractivity contribution in [1.82, 2.24) is 10.2 Å². The molecule has 1 amide bonds. The van der Waals surface area contributed by atoms with Crippen LogP contribution < -0.4 is 10.1 Å². The second-order valence-electron chi connectivity index (χ2n) is 6.17. The molecular formula is C18H28N2O3. The van der Waals surface area contributed by atoms with Crippen molar-refractivity contribution in [2.75, 3.05) is 47.0 Å². The van der Waals surface area contributed by atoms with Crippen LogP contribution in [0.3, 0.4) is 0 Å². The average Bonchev–Trinajstić information content (AvgIpc) is 2.59. The number of carbonyl (C=O) groups is 1. The summed E-state index contributed by atoms with van der Waals surface area (Å²) in [5.41, 5.74) is 1.69. The second kappa shape index (κ2) is 8.89. The van der Waals surface area contributed by atoms with Crippen molar-refractivity contribution in [3.05, 3.63) is 29.3 Å². The molecule has 0 saturated carbocycles. The minimum absolute atomic E-state index is 0.0230. The first-order valence-corrected chi connectivity index (χ1v) is 8.28. The van der Waals surface area contributed by atoms with Crippen LogP contribution in [0.2, 0.25) is 0 Å². The van der Waals surface area contributed by atoms with E-state index < -0.39 is 0 Å². The zero-order valence-electron chi connectivity index (χ0n) is 14.4. The smallest absolute Gasteiger partial charge is 0.251 e. The zero-order valence-corrected chi connectivity index (χ0v) is 14.4. The molecule has 1 N–H and O–H groups in total. The predicted molar refractivity (Wildman–Crippen MR) is 91.1 cm³/mol. The van der Waals surface area contributed by atoms with E-state index in [1.165, 1.54) is 0 Å². The van der Waals surface area contributed by atoms with Crippen molar-refractivity contribution in [2.24, 2.45) is 5.92 Å². The average molecular weight is 320 g/mol. The standard InChI is InChI=1S/C18H28N2O3/c1-14-4-5-16(12-17(14)23-3)18(21)19-13-15-6-8-20(9-7-15)10-11-22-2/h4-5,12,15H,6-11,13H2,1-3H3,(H,19,21). The normalized spacial score (nSPS) is 16.3. The number of piperidine rings is 1. The molecule has 0 bridgehead atoms. The van der Waals surface area contributed by atoms with Gasteiger partial charge in [-0.15, -0.1) is 0 Å². The van der Waals surface area contributed by atoms with Gasteiger partial charge in [-0.05, 0) is 56.5 Å². The van der Waals surface area contributed by atoms with Gasteiger partial charge in [-0.1, -0.05) is 6.07 Å². The third kappa shape index (κ3) is 5.22. The van der Waals surface area contributed by atoms with Gasteiger partial charge < -0.3 is 19.7 Å². The van der Waals surface area contributed by atoms with Crippen LogP contribution in [-0.4, -0.2) is 57.8 Å². The molecule has 128 valence electrons. The number of amides is 1. The predicted octanol–water partition coefficient (Wildman–Crippen LogP) is 2.09. The Morgan fingerprint density at radius 2 is 2.04 bits per heavy atom. The summed E-state index contributed by atoms with van der Waals surface area (Å²) in [6, 6.07) is 5.57. The van der Waals surface area contributed by atoms with Gasteiger partial charge in [0.15, 0.2) is 0 Å². The maximum atomic E-state index is 12.3. The molecule has 1 fully saturated rings. The van der Waals surface area contributed by atoms with Crippen molar-refractivity contribution in [3.63, 3.8) is 0 Å². The molecule has 1 aromatic rings. The molecule has 0 spiro atoms. The van der Waals surface area contributed by atoms with E-state index in [1.807, 2.05) is 19.1 Å². The van der Waals surface area contributed by atoms with Crippen molar-refractivity contribution in [3.8, 4) is 5.75 Å². The molecule has 1 aliphatic rings. The van der Waals surface area contributed by atoms with E-state index in [4.69, 9.17) is 9.47 Å². The van der Waals surface area contributed by atoms with E-state index in [0.717, 1.165) is 56.9 Å². The lowest BCUT2D eigenvalue weighted by atomic mass is 9.96. The van der Waals surface area contributed by atoms with Crippen molar-refractivity contribution in [1.29, 1.82) is 0 Å². The Bertz CT molecular complexity index is 511. The number of hydrogen-bond donors (Lipinski definition) is 1. The third-order valence-corrected chi connectivity index (χ3v) is 4.54. The molecule has 0 aromatic heterocycles. The first-order valence-electron chi connectivity index (χ1n) is 8.28. The van der Waals surface area contributed by atoms with Gasteiger partial charge in [-0.2, -0.15) is 0 Å². The van der Waals surface area contributed by atoms with Gasteiger partial charge in [0.1, 0.15) is 5.75 Å². The zero-order chi connectivity index (χ0) is 16.7. The molecule has 0 atom stereocenters. The Morgan fingerprint density at radius 1 is 1.30 bits per heavy atom. The SMILES string of the molecule is COCCN1CCC(CNC(=O)c2ccc(C)c(OC)c2)CC1. The van der Waals surface area contributed by atoms with E-state index >= 15 is 0 Å². The Hall–Kier alpha value is -1.59. The molecule has 0 radical (unpaired) electrons. The number of likely N-dealkylation sites (tertiary alicyclic amines) is 1. The van der Waals surface area contributed by atoms with Crippen molar-refractivity contribution in [2.45, 2.75) is 19.8 Å². The number of aryl methyl sites for hydroxylation is 1. The van der Waals surface area contributed by atoms with E-state index in [1.54, 1.807) is 20.3 Å². The van der Waals surface area contributed by atoms with E-state index in [0.29, 0.717) is 11.5 Å². The van der Waals surface area contributed by atoms with E-state index in [-0.39, 0.29) is 5.91 Å². The largest absolute Gasteiger partial charge is 0.496 e. The summed E-state index contributed by atoms with van der Waals surface area (Å²) in [7, 11) is 3.36. The molecular weight excluding hydrogens is 292 g/mol. The molecule has 5 heteroatoms. The minimum atomic E-state index is -0.0230. The quantitative estimate of drug-likeness (QED) is 0.836. The van der Waals surface area contributed by atoms with Crippen LogP contribution in [-0.2, 0) is 4.74 Å². The monoisotopic (exact) mass is 320 g/mol. The number of nitrogens with zero attached hydrogens (tertiary/aromatic N) is 1. The van der Waals surface area contributed by atoms with Gasteiger partial charge in [0.2, 0.25) is 0 Å². The number of rotatable bonds is 7. The molecule has 1 aromatic carbocycles. The Morgan fingerprint density at radius 3 is 2.70 bits per heavy atom. The first kappa shape index (κ1) is 17.8. The lowest BCUT2D eigenvalue weighted by Gasteiger charge is -2.31. The Balaban J connectivity index is 1.77. The minimum Gasteiger partial charge on any atom is -0.496 e. The summed E-state index contributed by atoms with van der Waals surface area (Å²) in [6.07, 6.45) is 2.25. The molecule has 1 aliphatic heterocycles. The highest BCUT2D eigenvalue weighted by Gasteiger charge is 2.19. The van der Waals surface area contributed by atoms with Gasteiger partial charge >= 0.3 is 0 Å². The number of carbonyl (C=O) groups excluding carboxylic acids is 1. The van der Waals surface area contributed by atoms with Crippen LogP contribution in [0, 0.1) is 12.8 Å². The van der Waals surface area contributed by atoms with Crippen LogP contribution in [0.15, 0.2) is 18.2 Å². The van der Waals surface area contributed by atoms with E-state index in [9.17, 15) is 4.79 Å². The highest BCUT2D eigenvalue weighted by molar-refractivity contribution is 5.94. The molecule has 0 unspecified atom stereocenters. The maximum absolute atomic E-state index is 12.3. The van der Waals surface area contributed by atoms with Crippen LogP contribution in [0.25, 0.3) is 0 Å². The van der Waals surface area contributed by atoms with Gasteiger partial charge in [0.05, 0.1) is 13.7 Å². The van der Waals surface area contributed by atoms with Gasteiger partial charge in [0.25, 0.3) is 5.91 Å². The summed E-state index contributed by atoms with van der Waals surface area (Å²) in [4.78, 5) is 14.7. The highest BCUT2D eigenvalue weighted by Crippen LogP contribution is 2.19. The highest BCUT2D eigenvalue weighted by atomic mass is 16.5. The molecule has 1 saturated heterocycles. The lowest BCUT2D eigenvalue weighted by Crippen LogP contribution is -2.39. The van der Waals surface area contributed by atoms with Gasteiger partial charge in [-0.3, -0.25) is 4.79 Å². The fourth-order valence-electron chi connectivity index (χ4n) is 2.93. The summed E-state index contributed by atoms with van der Waals surface area (Å²) < 4.78 is 10.4. The van der Waals surface area contributed by atoms with Crippen molar-refractivity contribution >= 4 is 5.91 Å². The molecule has 23 heavy (non-hydrogen) atoms. The Labute approximate surface area is 139 Å². The first-order chi connectivity index (χ1) is 11.1. The molecule has 2 rings (SSSR count). The summed E-state index contributed by atoms with van der Waals surface area (Å²) in [5, 5.41) is 3.06. The lowest BCUT2D eigenvalue weighted by molar-refractivity contribution is 0.0925. The van der Waals surface area contributed by atoms with Crippen LogP contribution in [0.1, 0.15) is 28.8 Å². The molecule has 0 aliphatic carbocycles. The number of methoxy groups -OCH3 is 2. The molecule has 1 heterocycles. The second-order valence-corrected chi connectivity index (χ2v) is 6.17. The van der Waals surface area contributed by atoms with Crippen molar-refractivity contribution < 1.29 is 14.3 Å². The number of hydrogen-bond acceptors (Lipinski definition) is 4.